The molecule has 1 unspecified atom stereocenters. The Hall–Kier alpha value is -3.40. The molecule has 2 heterocycles. The molecule has 1 atom stereocenters. The normalized spacial score (nSPS) is 18.4. The number of cyclic esters (lactones) is 1. The van der Waals surface area contributed by atoms with Crippen molar-refractivity contribution < 1.29 is 23.5 Å². The van der Waals surface area contributed by atoms with Crippen LogP contribution in [0.2, 0.25) is 0 Å². The first-order valence-corrected chi connectivity index (χ1v) is 10.1. The van der Waals surface area contributed by atoms with E-state index >= 15 is 0 Å². The summed E-state index contributed by atoms with van der Waals surface area (Å²) >= 11 is 4.90. The molecule has 2 aliphatic heterocycles. The lowest BCUT2D eigenvalue weighted by Gasteiger charge is -2.20. The zero-order valence-corrected chi connectivity index (χ0v) is 17.6. The third-order valence-corrected chi connectivity index (χ3v) is 5.46. The highest BCUT2D eigenvalue weighted by Crippen LogP contribution is 2.31. The molecule has 162 valence electrons. The number of nitrogens with one attached hydrogen (secondary N) is 1. The lowest BCUT2D eigenvalue weighted by atomic mass is 10.2. The highest BCUT2D eigenvalue weighted by atomic mass is 32.1. The minimum Gasteiger partial charge on any atom is -0.474 e. The number of nitrogens with zero attached hydrogens (tertiary/aromatic N) is 3. The van der Waals surface area contributed by atoms with E-state index in [0.717, 1.165) is 5.69 Å². The molecule has 0 aromatic heterocycles. The predicted octanol–water partition coefficient (Wildman–Crippen LogP) is 3.12. The summed E-state index contributed by atoms with van der Waals surface area (Å²) < 4.78 is 25.1. The number of methoxy groups -OCH3 is 1. The fourth-order valence-electron chi connectivity index (χ4n) is 3.60. The van der Waals surface area contributed by atoms with Crippen molar-refractivity contribution in [1.29, 1.82) is 0 Å². The zero-order chi connectivity index (χ0) is 22.0. The molecule has 0 radical (unpaired) electrons. The Balaban J connectivity index is 1.46. The van der Waals surface area contributed by atoms with Gasteiger partial charge in [0.15, 0.2) is 0 Å². The van der Waals surface area contributed by atoms with E-state index < -0.39 is 18.0 Å². The van der Waals surface area contributed by atoms with Gasteiger partial charge >= 0.3 is 12.1 Å². The number of hydrogen-bond donors (Lipinski definition) is 1. The maximum absolute atomic E-state index is 14.9. The van der Waals surface area contributed by atoms with Crippen LogP contribution in [0.1, 0.15) is 0 Å². The van der Waals surface area contributed by atoms with E-state index in [1.165, 1.54) is 29.0 Å². The van der Waals surface area contributed by atoms with Crippen LogP contribution in [-0.4, -0.2) is 56.7 Å². The van der Waals surface area contributed by atoms with Gasteiger partial charge in [0.1, 0.15) is 11.9 Å². The van der Waals surface area contributed by atoms with Gasteiger partial charge in [0.2, 0.25) is 0 Å². The molecule has 2 fully saturated rings. The first kappa shape index (κ1) is 20.9. The molecule has 0 bridgehead atoms. The number of hydrogen-bond acceptors (Lipinski definition) is 5. The second-order valence-corrected chi connectivity index (χ2v) is 7.42. The van der Waals surface area contributed by atoms with Crippen molar-refractivity contribution in [3.8, 4) is 0 Å². The molecule has 4 rings (SSSR count). The summed E-state index contributed by atoms with van der Waals surface area (Å²) in [5.41, 5.74) is 1.29. The standard InChI is InChI=1S/C21H21FN4O4S/c1-29-19(31)23-12-16-13-26(21(28)30-16)15-7-8-18(17(22)11-15)25-10-9-24(20(25)27)14-5-3-2-4-6-14/h2-8,11,16H,9-10,12-13H2,1H3,(H,23,31). The molecular formula is C21H21FN4O4S. The van der Waals surface area contributed by atoms with Gasteiger partial charge in [-0.05, 0) is 42.5 Å². The number of rotatable bonds is 5. The highest BCUT2D eigenvalue weighted by molar-refractivity contribution is 7.80. The van der Waals surface area contributed by atoms with Gasteiger partial charge < -0.3 is 14.8 Å². The third-order valence-electron chi connectivity index (χ3n) is 5.14. The van der Waals surface area contributed by atoms with Crippen LogP contribution in [0, 0.1) is 5.82 Å². The summed E-state index contributed by atoms with van der Waals surface area (Å²) in [5, 5.41) is 3.03. The van der Waals surface area contributed by atoms with Crippen molar-refractivity contribution in [2.24, 2.45) is 0 Å². The number of urea groups is 1. The molecule has 0 aliphatic carbocycles. The summed E-state index contributed by atoms with van der Waals surface area (Å²) in [7, 11) is 1.44. The molecule has 10 heteroatoms. The Morgan fingerprint density at radius 2 is 1.87 bits per heavy atom. The van der Waals surface area contributed by atoms with Crippen LogP contribution < -0.4 is 20.0 Å². The minimum atomic E-state index is -0.587. The summed E-state index contributed by atoms with van der Waals surface area (Å²) in [6.45, 7) is 1.35. The van der Waals surface area contributed by atoms with Crippen molar-refractivity contribution >= 4 is 46.6 Å². The van der Waals surface area contributed by atoms with E-state index in [4.69, 9.17) is 21.7 Å². The van der Waals surface area contributed by atoms with Crippen LogP contribution in [0.4, 0.5) is 31.0 Å². The second-order valence-electron chi connectivity index (χ2n) is 7.05. The van der Waals surface area contributed by atoms with Gasteiger partial charge in [-0.15, -0.1) is 0 Å². The first-order valence-electron chi connectivity index (χ1n) is 9.71. The van der Waals surface area contributed by atoms with Gasteiger partial charge in [0, 0.05) is 18.8 Å². The van der Waals surface area contributed by atoms with Crippen LogP contribution in [-0.2, 0) is 9.47 Å². The Morgan fingerprint density at radius 1 is 1.13 bits per heavy atom. The minimum absolute atomic E-state index is 0.170. The number of amides is 3. The Bertz CT molecular complexity index is 1010. The SMILES string of the molecule is COC(=S)NCC1CN(c2ccc(N3CCN(c4ccccc4)C3=O)c(F)c2)C(=O)O1. The van der Waals surface area contributed by atoms with Crippen molar-refractivity contribution in [3.63, 3.8) is 0 Å². The van der Waals surface area contributed by atoms with Gasteiger partial charge in [-0.2, -0.15) is 0 Å². The quantitative estimate of drug-likeness (QED) is 0.715. The lowest BCUT2D eigenvalue weighted by Crippen LogP contribution is -2.34. The third kappa shape index (κ3) is 4.24. The van der Waals surface area contributed by atoms with Crippen LogP contribution >= 0.6 is 12.2 Å². The van der Waals surface area contributed by atoms with Gasteiger partial charge in [-0.25, -0.2) is 14.0 Å². The van der Waals surface area contributed by atoms with Gasteiger partial charge in [0.25, 0.3) is 5.17 Å². The van der Waals surface area contributed by atoms with Crippen molar-refractivity contribution in [3.05, 3.63) is 54.3 Å². The fraction of sp³-hybridized carbons (Fsp3) is 0.286. The number of halogens is 1. The number of thiocarbonyl (C=S) groups is 1. The topological polar surface area (TPSA) is 74.4 Å². The van der Waals surface area contributed by atoms with Gasteiger partial charge in [-0.3, -0.25) is 14.7 Å². The number of carbonyl (C=O) groups excluding carboxylic acids is 2. The monoisotopic (exact) mass is 444 g/mol. The number of benzene rings is 2. The zero-order valence-electron chi connectivity index (χ0n) is 16.8. The number of para-hydroxylation sites is 1. The van der Waals surface area contributed by atoms with E-state index in [2.05, 4.69) is 5.32 Å². The van der Waals surface area contributed by atoms with Crippen LogP contribution in [0.3, 0.4) is 0 Å². The Kier molecular flexibility index (Phi) is 5.90. The van der Waals surface area contributed by atoms with Gasteiger partial charge in [0.05, 0.1) is 31.6 Å². The Morgan fingerprint density at radius 3 is 2.58 bits per heavy atom. The first-order chi connectivity index (χ1) is 15.0. The molecule has 0 saturated carbocycles. The van der Waals surface area contributed by atoms with Crippen molar-refractivity contribution in [2.75, 3.05) is 48.0 Å². The lowest BCUT2D eigenvalue weighted by molar-refractivity contribution is 0.142. The molecule has 3 amide bonds. The van der Waals surface area contributed by atoms with Crippen LogP contribution in [0.25, 0.3) is 0 Å². The largest absolute Gasteiger partial charge is 0.474 e. The average Bonchev–Trinajstić information content (AvgIpc) is 3.35. The predicted molar refractivity (Wildman–Crippen MR) is 118 cm³/mol. The van der Waals surface area contributed by atoms with E-state index in [1.54, 1.807) is 11.0 Å². The van der Waals surface area contributed by atoms with E-state index in [1.807, 2.05) is 30.3 Å². The van der Waals surface area contributed by atoms with Crippen molar-refractivity contribution in [2.45, 2.75) is 6.10 Å². The van der Waals surface area contributed by atoms with Gasteiger partial charge in [-0.1, -0.05) is 18.2 Å². The smallest absolute Gasteiger partial charge is 0.414 e. The number of ether oxygens (including phenoxy) is 2. The highest BCUT2D eigenvalue weighted by Gasteiger charge is 2.35. The molecule has 2 aromatic carbocycles. The summed E-state index contributed by atoms with van der Waals surface area (Å²) in [5.74, 6) is -0.587. The molecular weight excluding hydrogens is 423 g/mol. The molecule has 8 nitrogen and oxygen atoms in total. The Labute approximate surface area is 184 Å². The van der Waals surface area contributed by atoms with E-state index in [9.17, 15) is 14.0 Å². The molecule has 1 N–H and O–H groups in total. The fourth-order valence-corrected chi connectivity index (χ4v) is 3.68. The second kappa shape index (κ2) is 8.76. The summed E-state index contributed by atoms with van der Waals surface area (Å²) in [6.07, 6.45) is -1.03. The molecule has 2 aliphatic rings. The number of anilines is 3. The van der Waals surface area contributed by atoms with E-state index in [-0.39, 0.29) is 30.0 Å². The van der Waals surface area contributed by atoms with Crippen LogP contribution in [0.15, 0.2) is 48.5 Å². The van der Waals surface area contributed by atoms with Crippen molar-refractivity contribution in [1.82, 2.24) is 5.32 Å². The maximum atomic E-state index is 14.9. The summed E-state index contributed by atoms with van der Waals surface area (Å²) in [6, 6.07) is 13.3. The van der Waals surface area contributed by atoms with E-state index in [0.29, 0.717) is 18.8 Å². The average molecular weight is 444 g/mol. The summed E-state index contributed by atoms with van der Waals surface area (Å²) in [4.78, 5) is 29.4. The van der Waals surface area contributed by atoms with Crippen LogP contribution in [0.5, 0.6) is 0 Å². The number of carbonyl (C=O) groups is 2. The maximum Gasteiger partial charge on any atom is 0.414 e. The molecule has 2 aromatic rings. The molecule has 2 saturated heterocycles. The molecule has 0 spiro atoms. The molecule has 31 heavy (non-hydrogen) atoms.